The van der Waals surface area contributed by atoms with Crippen molar-refractivity contribution in [1.29, 1.82) is 0 Å². The standard InChI is InChI=1S/C10H13N3.2C2H6/c1-7(2)13-6-4-8-9(13)3-5-12-10(8)11;2*1-2/h3-7H,1-2H3,(H2,11,12);2*1-2H3. The summed E-state index contributed by atoms with van der Waals surface area (Å²) in [5, 5.41) is 1.04. The predicted molar refractivity (Wildman–Crippen MR) is 77.2 cm³/mol. The fraction of sp³-hybridized carbons (Fsp3) is 0.500. The molecule has 0 aliphatic carbocycles. The Kier molecular flexibility index (Phi) is 7.03. The summed E-state index contributed by atoms with van der Waals surface area (Å²) in [6.07, 6.45) is 3.80. The third-order valence-corrected chi connectivity index (χ3v) is 2.23. The molecule has 0 aromatic carbocycles. The molecule has 2 aromatic rings. The molecule has 2 rings (SSSR count). The lowest BCUT2D eigenvalue weighted by atomic mass is 10.3. The van der Waals surface area contributed by atoms with Crippen molar-refractivity contribution in [3.8, 4) is 0 Å². The third kappa shape index (κ3) is 3.48. The number of fused-ring (bicyclic) bond motifs is 1. The quantitative estimate of drug-likeness (QED) is 0.803. The van der Waals surface area contributed by atoms with Gasteiger partial charge in [0.05, 0.1) is 5.52 Å². The summed E-state index contributed by atoms with van der Waals surface area (Å²) < 4.78 is 2.19. The van der Waals surface area contributed by atoms with Gasteiger partial charge in [0.15, 0.2) is 0 Å². The molecule has 3 heteroatoms. The van der Waals surface area contributed by atoms with E-state index in [1.165, 1.54) is 0 Å². The molecule has 3 nitrogen and oxygen atoms in total. The lowest BCUT2D eigenvalue weighted by Crippen LogP contribution is -1.98. The van der Waals surface area contributed by atoms with Crippen molar-refractivity contribution >= 4 is 16.7 Å². The van der Waals surface area contributed by atoms with Crippen molar-refractivity contribution in [3.05, 3.63) is 24.5 Å². The molecule has 0 saturated carbocycles. The molecule has 2 N–H and O–H groups in total. The maximum absolute atomic E-state index is 5.75. The molecule has 0 radical (unpaired) electrons. The van der Waals surface area contributed by atoms with Crippen LogP contribution in [0.1, 0.15) is 47.6 Å². The van der Waals surface area contributed by atoms with E-state index in [0.717, 1.165) is 10.9 Å². The van der Waals surface area contributed by atoms with Crippen LogP contribution in [0.2, 0.25) is 0 Å². The average Bonchev–Trinajstić information content (AvgIpc) is 2.79. The van der Waals surface area contributed by atoms with Crippen LogP contribution < -0.4 is 5.73 Å². The maximum atomic E-state index is 5.75. The maximum Gasteiger partial charge on any atom is 0.132 e. The molecule has 17 heavy (non-hydrogen) atoms. The van der Waals surface area contributed by atoms with Gasteiger partial charge in [-0.1, -0.05) is 27.7 Å². The average molecular weight is 235 g/mol. The highest BCUT2D eigenvalue weighted by molar-refractivity contribution is 5.89. The number of pyridine rings is 1. The molecule has 0 amide bonds. The van der Waals surface area contributed by atoms with E-state index in [1.54, 1.807) is 6.20 Å². The monoisotopic (exact) mass is 235 g/mol. The van der Waals surface area contributed by atoms with Crippen molar-refractivity contribution in [2.45, 2.75) is 47.6 Å². The Bertz CT molecular complexity index is 430. The minimum absolute atomic E-state index is 0.458. The van der Waals surface area contributed by atoms with Crippen LogP contribution >= 0.6 is 0 Å². The van der Waals surface area contributed by atoms with E-state index >= 15 is 0 Å². The van der Waals surface area contributed by atoms with Gasteiger partial charge in [-0.05, 0) is 26.0 Å². The predicted octanol–water partition coefficient (Wildman–Crippen LogP) is 4.25. The molecule has 0 saturated heterocycles. The van der Waals surface area contributed by atoms with Crippen LogP contribution in [0.15, 0.2) is 24.5 Å². The van der Waals surface area contributed by atoms with E-state index in [0.29, 0.717) is 11.9 Å². The fourth-order valence-electron chi connectivity index (χ4n) is 1.56. The summed E-state index contributed by atoms with van der Waals surface area (Å²) in [6, 6.07) is 4.46. The fourth-order valence-corrected chi connectivity index (χ4v) is 1.56. The second-order valence-electron chi connectivity index (χ2n) is 3.45. The van der Waals surface area contributed by atoms with Gasteiger partial charge in [0, 0.05) is 23.8 Å². The van der Waals surface area contributed by atoms with Crippen molar-refractivity contribution in [1.82, 2.24) is 9.55 Å². The van der Waals surface area contributed by atoms with Crippen molar-refractivity contribution in [2.75, 3.05) is 5.73 Å². The van der Waals surface area contributed by atoms with Crippen molar-refractivity contribution in [2.24, 2.45) is 0 Å². The SMILES string of the molecule is CC.CC.CC(C)n1ccc2c(N)nccc21. The first kappa shape index (κ1) is 15.5. The number of nitrogen functional groups attached to an aromatic ring is 1. The Morgan fingerprint density at radius 2 is 1.71 bits per heavy atom. The van der Waals surface area contributed by atoms with Crippen LogP contribution in [0, 0.1) is 0 Å². The molecular formula is C14H25N3. The number of aromatic nitrogens is 2. The summed E-state index contributed by atoms with van der Waals surface area (Å²) in [4.78, 5) is 4.04. The van der Waals surface area contributed by atoms with E-state index in [1.807, 2.05) is 46.0 Å². The number of hydrogen-bond acceptors (Lipinski definition) is 2. The first-order valence-electron chi connectivity index (χ1n) is 6.41. The topological polar surface area (TPSA) is 43.8 Å². The van der Waals surface area contributed by atoms with Gasteiger partial charge < -0.3 is 10.3 Å². The van der Waals surface area contributed by atoms with E-state index in [4.69, 9.17) is 5.73 Å². The highest BCUT2D eigenvalue weighted by atomic mass is 15.0. The molecule has 0 spiro atoms. The van der Waals surface area contributed by atoms with E-state index in [9.17, 15) is 0 Å². The minimum atomic E-state index is 0.458. The Morgan fingerprint density at radius 3 is 2.24 bits per heavy atom. The number of hydrogen-bond donors (Lipinski definition) is 1. The summed E-state index contributed by atoms with van der Waals surface area (Å²) in [5.41, 5.74) is 6.90. The largest absolute Gasteiger partial charge is 0.383 e. The van der Waals surface area contributed by atoms with Gasteiger partial charge in [-0.15, -0.1) is 0 Å². The molecule has 0 atom stereocenters. The molecule has 0 aliphatic heterocycles. The Morgan fingerprint density at radius 1 is 1.12 bits per heavy atom. The number of nitrogens with zero attached hydrogens (tertiary/aromatic N) is 2. The first-order valence-corrected chi connectivity index (χ1v) is 6.41. The van der Waals surface area contributed by atoms with Gasteiger partial charge in [-0.3, -0.25) is 0 Å². The lowest BCUT2D eigenvalue weighted by Gasteiger charge is -2.08. The zero-order valence-electron chi connectivity index (χ0n) is 11.9. The smallest absolute Gasteiger partial charge is 0.132 e. The lowest BCUT2D eigenvalue weighted by molar-refractivity contribution is 0.623. The second kappa shape index (κ2) is 7.71. The molecule has 0 fully saturated rings. The van der Waals surface area contributed by atoms with E-state index in [-0.39, 0.29) is 0 Å². The van der Waals surface area contributed by atoms with Gasteiger partial charge >= 0.3 is 0 Å². The van der Waals surface area contributed by atoms with Crippen LogP contribution in [0.3, 0.4) is 0 Å². The second-order valence-corrected chi connectivity index (χ2v) is 3.45. The van der Waals surface area contributed by atoms with Gasteiger partial charge in [-0.2, -0.15) is 0 Å². The molecule has 0 bridgehead atoms. The molecule has 0 aliphatic rings. The Labute approximate surface area is 105 Å². The molecular weight excluding hydrogens is 210 g/mol. The zero-order valence-corrected chi connectivity index (χ0v) is 11.9. The van der Waals surface area contributed by atoms with Crippen LogP contribution in [0.4, 0.5) is 5.82 Å². The highest BCUT2D eigenvalue weighted by Crippen LogP contribution is 2.22. The van der Waals surface area contributed by atoms with Crippen LogP contribution in [-0.4, -0.2) is 9.55 Å². The van der Waals surface area contributed by atoms with Gasteiger partial charge in [-0.25, -0.2) is 4.98 Å². The summed E-state index contributed by atoms with van der Waals surface area (Å²) >= 11 is 0. The molecule has 2 aromatic heterocycles. The van der Waals surface area contributed by atoms with Crippen LogP contribution in [-0.2, 0) is 0 Å². The number of nitrogens with two attached hydrogens (primary N) is 1. The highest BCUT2D eigenvalue weighted by Gasteiger charge is 2.05. The normalized spacial score (nSPS) is 9.35. The number of anilines is 1. The Hall–Kier alpha value is -1.51. The Balaban J connectivity index is 0.000000581. The third-order valence-electron chi connectivity index (χ3n) is 2.23. The molecule has 2 heterocycles. The van der Waals surface area contributed by atoms with Gasteiger partial charge in [0.1, 0.15) is 5.82 Å². The number of rotatable bonds is 1. The zero-order chi connectivity index (χ0) is 13.4. The van der Waals surface area contributed by atoms with Gasteiger partial charge in [0.25, 0.3) is 0 Å². The molecule has 96 valence electrons. The van der Waals surface area contributed by atoms with Crippen LogP contribution in [0.25, 0.3) is 10.9 Å². The van der Waals surface area contributed by atoms with Crippen LogP contribution in [0.5, 0.6) is 0 Å². The van der Waals surface area contributed by atoms with Crippen molar-refractivity contribution < 1.29 is 0 Å². The molecule has 0 unspecified atom stereocenters. The van der Waals surface area contributed by atoms with E-state index < -0.39 is 0 Å². The summed E-state index contributed by atoms with van der Waals surface area (Å²) in [6.45, 7) is 12.3. The summed E-state index contributed by atoms with van der Waals surface area (Å²) in [7, 11) is 0. The first-order chi connectivity index (χ1) is 8.20. The summed E-state index contributed by atoms with van der Waals surface area (Å²) in [5.74, 6) is 0.608. The van der Waals surface area contributed by atoms with E-state index in [2.05, 4.69) is 23.4 Å². The van der Waals surface area contributed by atoms with Gasteiger partial charge in [0.2, 0.25) is 0 Å². The minimum Gasteiger partial charge on any atom is -0.383 e. The van der Waals surface area contributed by atoms with Crippen molar-refractivity contribution in [3.63, 3.8) is 0 Å².